The van der Waals surface area contributed by atoms with Gasteiger partial charge in [-0.05, 0) is 18.6 Å². The van der Waals surface area contributed by atoms with Crippen molar-refractivity contribution in [2.24, 2.45) is 0 Å². The summed E-state index contributed by atoms with van der Waals surface area (Å²) in [7, 11) is 0. The number of rotatable bonds is 3. The van der Waals surface area contributed by atoms with Gasteiger partial charge in [0.15, 0.2) is 0 Å². The zero-order chi connectivity index (χ0) is 11.4. The lowest BCUT2D eigenvalue weighted by Gasteiger charge is -2.15. The first kappa shape index (κ1) is 11.4. The van der Waals surface area contributed by atoms with Crippen LogP contribution in [0.25, 0.3) is 0 Å². The number of aromatic nitrogens is 1. The van der Waals surface area contributed by atoms with E-state index in [1.54, 1.807) is 19.1 Å². The Balaban J connectivity index is 2.87. The quantitative estimate of drug-likeness (QED) is 0.660. The third kappa shape index (κ3) is 2.65. The van der Waals surface area contributed by atoms with E-state index in [-0.39, 0.29) is 6.42 Å². The molecule has 4 N–H and O–H groups in total. The highest BCUT2D eigenvalue weighted by molar-refractivity contribution is 5.44. The summed E-state index contributed by atoms with van der Waals surface area (Å²) in [6.45, 7) is 1.78. The molecule has 80 valence electrons. The average Bonchev–Trinajstić information content (AvgIpc) is 2.21. The number of anilines is 1. The Morgan fingerprint density at radius 2 is 2.27 bits per heavy atom. The number of nitrogens with two attached hydrogens (primary N) is 1. The predicted molar refractivity (Wildman–Crippen MR) is 54.6 cm³/mol. The van der Waals surface area contributed by atoms with E-state index in [0.29, 0.717) is 11.4 Å². The summed E-state index contributed by atoms with van der Waals surface area (Å²) in [5.74, 6) is 0. The number of pyridine rings is 1. The van der Waals surface area contributed by atoms with E-state index in [2.05, 4.69) is 4.98 Å². The molecule has 0 saturated carbocycles. The van der Waals surface area contributed by atoms with Gasteiger partial charge in [0.2, 0.25) is 0 Å². The topological polar surface area (TPSA) is 103 Å². The standard InChI is InChI=1S/C10H13N3O2/c1-6-4-8(13-5-7(6)12)10(15)9(14)2-3-11/h4-5,9-10,14-15H,2,12H2,1H3. The van der Waals surface area contributed by atoms with Crippen LogP contribution in [0.1, 0.15) is 23.8 Å². The van der Waals surface area contributed by atoms with Gasteiger partial charge < -0.3 is 15.9 Å². The first-order valence-electron chi connectivity index (χ1n) is 4.51. The number of hydrogen-bond acceptors (Lipinski definition) is 5. The lowest BCUT2D eigenvalue weighted by molar-refractivity contribution is 0.0190. The van der Waals surface area contributed by atoms with Crippen LogP contribution in [0.2, 0.25) is 0 Å². The monoisotopic (exact) mass is 207 g/mol. The van der Waals surface area contributed by atoms with Crippen LogP contribution < -0.4 is 5.73 Å². The van der Waals surface area contributed by atoms with Crippen molar-refractivity contribution in [2.45, 2.75) is 25.6 Å². The van der Waals surface area contributed by atoms with Crippen molar-refractivity contribution in [3.63, 3.8) is 0 Å². The molecule has 1 rings (SSSR count). The van der Waals surface area contributed by atoms with Gasteiger partial charge in [0.1, 0.15) is 6.10 Å². The van der Waals surface area contributed by atoms with E-state index >= 15 is 0 Å². The second kappa shape index (κ2) is 4.73. The van der Waals surface area contributed by atoms with Crippen molar-refractivity contribution in [1.29, 1.82) is 5.26 Å². The molecule has 2 atom stereocenters. The Morgan fingerprint density at radius 3 is 2.80 bits per heavy atom. The minimum atomic E-state index is -1.15. The molecule has 1 aromatic rings. The van der Waals surface area contributed by atoms with Gasteiger partial charge in [-0.2, -0.15) is 5.26 Å². The third-order valence-electron chi connectivity index (χ3n) is 2.14. The van der Waals surface area contributed by atoms with Crippen LogP contribution in [0.4, 0.5) is 5.69 Å². The molecule has 0 aromatic carbocycles. The highest BCUT2D eigenvalue weighted by atomic mass is 16.3. The lowest BCUT2D eigenvalue weighted by Crippen LogP contribution is -2.18. The molecule has 0 fully saturated rings. The fraction of sp³-hybridized carbons (Fsp3) is 0.400. The third-order valence-corrected chi connectivity index (χ3v) is 2.14. The summed E-state index contributed by atoms with van der Waals surface area (Å²) >= 11 is 0. The normalized spacial score (nSPS) is 14.3. The van der Waals surface area contributed by atoms with E-state index < -0.39 is 12.2 Å². The lowest BCUT2D eigenvalue weighted by atomic mass is 10.1. The molecule has 15 heavy (non-hydrogen) atoms. The fourth-order valence-electron chi connectivity index (χ4n) is 1.15. The Kier molecular flexibility index (Phi) is 3.61. The smallest absolute Gasteiger partial charge is 0.123 e. The number of hydrogen-bond donors (Lipinski definition) is 3. The Morgan fingerprint density at radius 1 is 1.60 bits per heavy atom. The summed E-state index contributed by atoms with van der Waals surface area (Å²) in [6.07, 6.45) is -0.978. The van der Waals surface area contributed by atoms with Crippen molar-refractivity contribution in [1.82, 2.24) is 4.98 Å². The molecule has 0 aliphatic carbocycles. The van der Waals surface area contributed by atoms with Crippen molar-refractivity contribution in [3.8, 4) is 6.07 Å². The molecular weight excluding hydrogens is 194 g/mol. The largest absolute Gasteiger partial charge is 0.397 e. The van der Waals surface area contributed by atoms with E-state index in [1.807, 2.05) is 0 Å². The van der Waals surface area contributed by atoms with E-state index in [1.165, 1.54) is 6.20 Å². The average molecular weight is 207 g/mol. The molecule has 0 aliphatic rings. The van der Waals surface area contributed by atoms with Crippen LogP contribution in [0.15, 0.2) is 12.3 Å². The summed E-state index contributed by atoms with van der Waals surface area (Å²) < 4.78 is 0. The van der Waals surface area contributed by atoms with Crippen molar-refractivity contribution in [3.05, 3.63) is 23.5 Å². The molecule has 5 heteroatoms. The Hall–Kier alpha value is -1.64. The van der Waals surface area contributed by atoms with Crippen molar-refractivity contribution in [2.75, 3.05) is 5.73 Å². The van der Waals surface area contributed by atoms with Gasteiger partial charge in [-0.1, -0.05) is 0 Å². The summed E-state index contributed by atoms with van der Waals surface area (Å²) in [6, 6.07) is 3.38. The zero-order valence-electron chi connectivity index (χ0n) is 8.38. The molecule has 2 unspecified atom stereocenters. The Bertz CT molecular complexity index is 387. The fourth-order valence-corrected chi connectivity index (χ4v) is 1.15. The minimum absolute atomic E-state index is 0.133. The van der Waals surface area contributed by atoms with Crippen LogP contribution in [0.5, 0.6) is 0 Å². The maximum Gasteiger partial charge on any atom is 0.123 e. The van der Waals surface area contributed by atoms with Crippen LogP contribution in [0.3, 0.4) is 0 Å². The van der Waals surface area contributed by atoms with Crippen LogP contribution >= 0.6 is 0 Å². The summed E-state index contributed by atoms with van der Waals surface area (Å²) in [4.78, 5) is 3.90. The number of nitrogen functional groups attached to an aromatic ring is 1. The SMILES string of the molecule is Cc1cc(C(O)C(O)CC#N)ncc1N. The minimum Gasteiger partial charge on any atom is -0.397 e. The van der Waals surface area contributed by atoms with Gasteiger partial charge in [-0.3, -0.25) is 4.98 Å². The van der Waals surface area contributed by atoms with Crippen molar-refractivity contribution >= 4 is 5.69 Å². The predicted octanol–water partition coefficient (Wildman–Crippen LogP) is 0.280. The van der Waals surface area contributed by atoms with E-state index in [0.717, 1.165) is 5.56 Å². The molecule has 0 saturated heterocycles. The van der Waals surface area contributed by atoms with E-state index in [4.69, 9.17) is 11.0 Å². The van der Waals surface area contributed by atoms with Crippen LogP contribution in [-0.4, -0.2) is 21.3 Å². The molecule has 1 heterocycles. The number of aliphatic hydroxyl groups excluding tert-OH is 2. The maximum atomic E-state index is 9.63. The highest BCUT2D eigenvalue weighted by Gasteiger charge is 2.19. The molecule has 0 radical (unpaired) electrons. The van der Waals surface area contributed by atoms with Crippen LogP contribution in [-0.2, 0) is 0 Å². The van der Waals surface area contributed by atoms with Gasteiger partial charge >= 0.3 is 0 Å². The maximum absolute atomic E-state index is 9.63. The summed E-state index contributed by atoms with van der Waals surface area (Å²) in [5, 5.41) is 27.4. The van der Waals surface area contributed by atoms with Crippen molar-refractivity contribution < 1.29 is 10.2 Å². The number of nitriles is 1. The number of nitrogens with zero attached hydrogens (tertiary/aromatic N) is 2. The van der Waals surface area contributed by atoms with Crippen LogP contribution in [0, 0.1) is 18.3 Å². The van der Waals surface area contributed by atoms with Gasteiger partial charge in [-0.25, -0.2) is 0 Å². The first-order valence-corrected chi connectivity index (χ1v) is 4.51. The number of aryl methyl sites for hydroxylation is 1. The molecule has 5 nitrogen and oxygen atoms in total. The second-order valence-corrected chi connectivity index (χ2v) is 3.34. The Labute approximate surface area is 87.8 Å². The first-order chi connectivity index (χ1) is 7.06. The van der Waals surface area contributed by atoms with Gasteiger partial charge in [0.05, 0.1) is 36.2 Å². The van der Waals surface area contributed by atoms with Gasteiger partial charge in [0, 0.05) is 0 Å². The van der Waals surface area contributed by atoms with E-state index in [9.17, 15) is 10.2 Å². The molecule has 1 aromatic heterocycles. The molecule has 0 spiro atoms. The summed E-state index contributed by atoms with van der Waals surface area (Å²) in [5.41, 5.74) is 7.20. The molecular formula is C10H13N3O2. The molecule has 0 aliphatic heterocycles. The molecule has 0 amide bonds. The van der Waals surface area contributed by atoms with Gasteiger partial charge in [0.25, 0.3) is 0 Å². The second-order valence-electron chi connectivity index (χ2n) is 3.34. The zero-order valence-corrected chi connectivity index (χ0v) is 8.38. The van der Waals surface area contributed by atoms with Gasteiger partial charge in [-0.15, -0.1) is 0 Å². The number of aliphatic hydroxyl groups is 2. The highest BCUT2D eigenvalue weighted by Crippen LogP contribution is 2.19. The molecule has 0 bridgehead atoms.